The van der Waals surface area contributed by atoms with E-state index < -0.39 is 10.6 Å². The van der Waals surface area contributed by atoms with Crippen LogP contribution < -0.4 is 0 Å². The van der Waals surface area contributed by atoms with E-state index in [2.05, 4.69) is 0 Å². The monoisotopic (exact) mass is 206 g/mol. The highest BCUT2D eigenvalue weighted by Crippen LogP contribution is 2.12. The Labute approximate surface area is 72.5 Å². The third kappa shape index (κ3) is 5.04. The maximum Gasteiger partial charge on any atom is 0.243 e. The fourth-order valence-electron chi connectivity index (χ4n) is 0.176. The molecule has 0 amide bonds. The van der Waals surface area contributed by atoms with Crippen LogP contribution in [0.25, 0.3) is 0 Å². The van der Waals surface area contributed by atoms with Crippen molar-refractivity contribution in [2.75, 3.05) is 0 Å². The molecule has 9 heavy (non-hydrogen) atoms. The van der Waals surface area contributed by atoms with Gasteiger partial charge in [-0.25, -0.2) is 0 Å². The lowest BCUT2D eigenvalue weighted by molar-refractivity contribution is -0.110. The number of carbonyl (C=O) groups excluding carboxylic acids is 1. The van der Waals surface area contributed by atoms with Gasteiger partial charge in [0.1, 0.15) is 9.87 Å². The Hall–Kier alpha value is 0.570. The standard InChI is InChI=1S/C4H2Cl4O/c5-2(4(8)9)1-3(6)7/h1-2H. The van der Waals surface area contributed by atoms with Crippen LogP contribution >= 0.6 is 46.4 Å². The fraction of sp³-hybridized carbons (Fsp3) is 0.250. The molecule has 1 unspecified atom stereocenters. The number of alkyl halides is 1. The summed E-state index contributed by atoms with van der Waals surface area (Å²) < 4.78 is -0.0657. The molecule has 0 rings (SSSR count). The van der Waals surface area contributed by atoms with Gasteiger partial charge in [0.25, 0.3) is 0 Å². The van der Waals surface area contributed by atoms with E-state index in [-0.39, 0.29) is 4.49 Å². The molecule has 0 aliphatic carbocycles. The molecule has 0 saturated heterocycles. The Balaban J connectivity index is 3.91. The predicted octanol–water partition coefficient (Wildman–Crippen LogP) is 2.68. The summed E-state index contributed by atoms with van der Waals surface area (Å²) in [5.74, 6) is 0. The topological polar surface area (TPSA) is 17.1 Å². The second-order valence-corrected chi connectivity index (χ2v) is 3.01. The van der Waals surface area contributed by atoms with E-state index in [1.54, 1.807) is 0 Å². The Morgan fingerprint density at radius 3 is 1.89 bits per heavy atom. The number of rotatable bonds is 2. The minimum absolute atomic E-state index is 0.0657. The van der Waals surface area contributed by atoms with Crippen LogP contribution in [-0.4, -0.2) is 10.6 Å². The predicted molar refractivity (Wildman–Crippen MR) is 40.3 cm³/mol. The number of allylic oxidation sites excluding steroid dienone is 1. The van der Waals surface area contributed by atoms with Crippen LogP contribution in [0.1, 0.15) is 0 Å². The van der Waals surface area contributed by atoms with Crippen LogP contribution in [0.5, 0.6) is 0 Å². The highest BCUT2D eigenvalue weighted by Gasteiger charge is 2.08. The van der Waals surface area contributed by atoms with Crippen LogP contribution in [-0.2, 0) is 4.79 Å². The van der Waals surface area contributed by atoms with Gasteiger partial charge in [-0.15, -0.1) is 11.6 Å². The summed E-state index contributed by atoms with van der Waals surface area (Å²) >= 11 is 20.5. The van der Waals surface area contributed by atoms with Gasteiger partial charge in [0.15, 0.2) is 0 Å². The zero-order valence-electron chi connectivity index (χ0n) is 4.07. The average Bonchev–Trinajstić information content (AvgIpc) is 1.63. The molecule has 0 aromatic carbocycles. The summed E-state index contributed by atoms with van der Waals surface area (Å²) in [5, 5.41) is -1.63. The van der Waals surface area contributed by atoms with Crippen molar-refractivity contribution >= 4 is 51.6 Å². The SMILES string of the molecule is O=C(Cl)C(Cl)C=C(Cl)Cl. The Morgan fingerprint density at radius 1 is 1.33 bits per heavy atom. The lowest BCUT2D eigenvalue weighted by atomic mass is 10.5. The molecule has 0 radical (unpaired) electrons. The lowest BCUT2D eigenvalue weighted by Crippen LogP contribution is -2.02. The van der Waals surface area contributed by atoms with Gasteiger partial charge in [0.05, 0.1) is 0 Å². The highest BCUT2D eigenvalue weighted by atomic mass is 35.5. The van der Waals surface area contributed by atoms with Gasteiger partial charge in [-0.1, -0.05) is 23.2 Å². The minimum atomic E-state index is -0.934. The van der Waals surface area contributed by atoms with E-state index in [0.29, 0.717) is 0 Å². The average molecular weight is 208 g/mol. The molecule has 0 bridgehead atoms. The molecule has 1 nitrogen and oxygen atoms in total. The third-order valence-corrected chi connectivity index (χ3v) is 1.41. The van der Waals surface area contributed by atoms with Gasteiger partial charge in [0, 0.05) is 0 Å². The molecule has 5 heteroatoms. The fourth-order valence-corrected chi connectivity index (χ4v) is 0.746. The van der Waals surface area contributed by atoms with E-state index >= 15 is 0 Å². The molecular weight excluding hydrogens is 206 g/mol. The van der Waals surface area contributed by atoms with Crippen LogP contribution in [0, 0.1) is 0 Å². The van der Waals surface area contributed by atoms with E-state index in [1.807, 2.05) is 0 Å². The minimum Gasteiger partial charge on any atom is -0.279 e. The van der Waals surface area contributed by atoms with E-state index in [4.69, 9.17) is 46.4 Å². The molecule has 0 aliphatic heterocycles. The van der Waals surface area contributed by atoms with Crippen molar-refractivity contribution in [2.45, 2.75) is 5.38 Å². The largest absolute Gasteiger partial charge is 0.279 e. The molecule has 0 saturated carbocycles. The first-order valence-corrected chi connectivity index (χ1v) is 3.47. The van der Waals surface area contributed by atoms with Crippen molar-refractivity contribution in [2.24, 2.45) is 0 Å². The molecule has 1 atom stereocenters. The molecule has 0 aromatic heterocycles. The summed E-state index contributed by atoms with van der Waals surface area (Å²) in [7, 11) is 0. The molecule has 0 spiro atoms. The summed E-state index contributed by atoms with van der Waals surface area (Å²) in [6.45, 7) is 0. The van der Waals surface area contributed by atoms with Crippen molar-refractivity contribution in [3.8, 4) is 0 Å². The molecule has 0 heterocycles. The Morgan fingerprint density at radius 2 is 1.78 bits per heavy atom. The lowest BCUT2D eigenvalue weighted by Gasteiger charge is -1.92. The van der Waals surface area contributed by atoms with Crippen LogP contribution in [0.3, 0.4) is 0 Å². The Bertz CT molecular complexity index is 138. The maximum atomic E-state index is 10.2. The normalized spacial score (nSPS) is 12.4. The molecule has 0 N–H and O–H groups in total. The maximum absolute atomic E-state index is 10.2. The Kier molecular flexibility index (Phi) is 4.67. The molecule has 0 aromatic rings. The van der Waals surface area contributed by atoms with E-state index in [0.717, 1.165) is 6.08 Å². The number of hydrogen-bond donors (Lipinski definition) is 0. The van der Waals surface area contributed by atoms with Crippen molar-refractivity contribution < 1.29 is 4.79 Å². The first-order chi connectivity index (χ1) is 4.04. The van der Waals surface area contributed by atoms with E-state index in [9.17, 15) is 4.79 Å². The summed E-state index contributed by atoms with van der Waals surface area (Å²) in [6, 6.07) is 0. The van der Waals surface area contributed by atoms with Gasteiger partial charge in [-0.3, -0.25) is 4.79 Å². The summed E-state index contributed by atoms with van der Waals surface area (Å²) in [6.07, 6.45) is 1.14. The third-order valence-electron chi connectivity index (χ3n) is 0.489. The second-order valence-electron chi connectivity index (χ2n) is 1.16. The molecule has 0 fully saturated rings. The molecular formula is C4H2Cl4O. The smallest absolute Gasteiger partial charge is 0.243 e. The van der Waals surface area contributed by atoms with Crippen molar-refractivity contribution in [3.05, 3.63) is 10.6 Å². The van der Waals surface area contributed by atoms with E-state index in [1.165, 1.54) is 0 Å². The van der Waals surface area contributed by atoms with Crippen LogP contribution in [0.4, 0.5) is 0 Å². The van der Waals surface area contributed by atoms with Crippen LogP contribution in [0.2, 0.25) is 0 Å². The summed E-state index contributed by atoms with van der Waals surface area (Å²) in [4.78, 5) is 10.2. The van der Waals surface area contributed by atoms with Crippen molar-refractivity contribution in [1.29, 1.82) is 0 Å². The zero-order valence-corrected chi connectivity index (χ0v) is 7.10. The van der Waals surface area contributed by atoms with Gasteiger partial charge in [-0.05, 0) is 17.7 Å². The van der Waals surface area contributed by atoms with Gasteiger partial charge >= 0.3 is 0 Å². The highest BCUT2D eigenvalue weighted by molar-refractivity contribution is 6.70. The molecule has 0 aliphatic rings. The van der Waals surface area contributed by atoms with Crippen LogP contribution in [0.15, 0.2) is 10.6 Å². The first kappa shape index (κ1) is 9.57. The molecule has 52 valence electrons. The van der Waals surface area contributed by atoms with Gasteiger partial charge < -0.3 is 0 Å². The quantitative estimate of drug-likeness (QED) is 0.503. The zero-order chi connectivity index (χ0) is 7.44. The van der Waals surface area contributed by atoms with Gasteiger partial charge in [-0.2, -0.15) is 0 Å². The van der Waals surface area contributed by atoms with Crippen molar-refractivity contribution in [1.82, 2.24) is 0 Å². The number of hydrogen-bond acceptors (Lipinski definition) is 1. The van der Waals surface area contributed by atoms with Crippen molar-refractivity contribution in [3.63, 3.8) is 0 Å². The first-order valence-electron chi connectivity index (χ1n) is 1.90. The second kappa shape index (κ2) is 4.40. The summed E-state index contributed by atoms with van der Waals surface area (Å²) in [5.41, 5.74) is 0. The number of carbonyl (C=O) groups is 1. The van der Waals surface area contributed by atoms with Gasteiger partial charge in [0.2, 0.25) is 5.24 Å². The number of halogens is 4.